The first-order valence-corrected chi connectivity index (χ1v) is 6.49. The van der Waals surface area contributed by atoms with Crippen molar-refractivity contribution in [3.63, 3.8) is 0 Å². The van der Waals surface area contributed by atoms with E-state index in [0.717, 1.165) is 36.8 Å². The molecule has 0 N–H and O–H groups in total. The average Bonchev–Trinajstić information content (AvgIpc) is 2.38. The summed E-state index contributed by atoms with van der Waals surface area (Å²) < 4.78 is 9.60. The molecule has 0 amide bonds. The third-order valence-electron chi connectivity index (χ3n) is 3.45. The summed E-state index contributed by atoms with van der Waals surface area (Å²) >= 11 is 0. The molecule has 4 heteroatoms. The third-order valence-corrected chi connectivity index (χ3v) is 3.45. The van der Waals surface area contributed by atoms with E-state index in [1.54, 1.807) is 0 Å². The number of ether oxygens (including phenoxy) is 2. The molecule has 0 radical (unpaired) electrons. The fourth-order valence-corrected chi connectivity index (χ4v) is 2.69. The second-order valence-electron chi connectivity index (χ2n) is 4.55. The quantitative estimate of drug-likeness (QED) is 0.539. The average molecular weight is 254 g/mol. The fraction of sp³-hybridized carbons (Fsp3) is 0.714. The molecule has 0 aliphatic heterocycles. The summed E-state index contributed by atoms with van der Waals surface area (Å²) in [4.78, 5) is 23.6. The zero-order valence-electron chi connectivity index (χ0n) is 11.6. The molecule has 0 unspecified atom stereocenters. The molecule has 2 atom stereocenters. The van der Waals surface area contributed by atoms with Gasteiger partial charge in [-0.2, -0.15) is 0 Å². The van der Waals surface area contributed by atoms with Gasteiger partial charge < -0.3 is 9.47 Å². The van der Waals surface area contributed by atoms with Crippen molar-refractivity contribution in [2.24, 2.45) is 11.8 Å². The molecule has 1 aliphatic rings. The highest BCUT2D eigenvalue weighted by Gasteiger charge is 2.48. The number of methoxy groups -OCH3 is 2. The maximum atomic E-state index is 11.8. The molecular weight excluding hydrogens is 232 g/mol. The summed E-state index contributed by atoms with van der Waals surface area (Å²) in [7, 11) is 2.72. The molecule has 4 nitrogen and oxygen atoms in total. The lowest BCUT2D eigenvalue weighted by Crippen LogP contribution is -2.42. The molecule has 0 aromatic rings. The van der Waals surface area contributed by atoms with Crippen LogP contribution in [0, 0.1) is 11.8 Å². The van der Waals surface area contributed by atoms with Gasteiger partial charge in [0.05, 0.1) is 26.1 Å². The lowest BCUT2D eigenvalue weighted by molar-refractivity contribution is -0.156. The lowest BCUT2D eigenvalue weighted by atomic mass is 9.65. The minimum absolute atomic E-state index is 0.325. The summed E-state index contributed by atoms with van der Waals surface area (Å²) in [6.07, 6.45) is 3.62. The van der Waals surface area contributed by atoms with Gasteiger partial charge in [0.25, 0.3) is 0 Å². The summed E-state index contributed by atoms with van der Waals surface area (Å²) in [6.45, 7) is 4.13. The smallest absolute Gasteiger partial charge is 0.314 e. The Labute approximate surface area is 108 Å². The zero-order valence-corrected chi connectivity index (χ0v) is 11.6. The van der Waals surface area contributed by atoms with Gasteiger partial charge in [-0.1, -0.05) is 37.8 Å². The lowest BCUT2D eigenvalue weighted by Gasteiger charge is -2.38. The van der Waals surface area contributed by atoms with Crippen LogP contribution < -0.4 is 0 Å². The largest absolute Gasteiger partial charge is 0.469 e. The summed E-state index contributed by atoms with van der Waals surface area (Å²) in [5, 5.41) is 0. The molecule has 0 heterocycles. The van der Waals surface area contributed by atoms with E-state index < -0.39 is 11.8 Å². The minimum Gasteiger partial charge on any atom is -0.469 e. The van der Waals surface area contributed by atoms with Crippen molar-refractivity contribution in [2.45, 2.75) is 39.5 Å². The molecular formula is C14H22O4. The van der Waals surface area contributed by atoms with Gasteiger partial charge in [-0.25, -0.2) is 0 Å². The van der Waals surface area contributed by atoms with Gasteiger partial charge in [0.2, 0.25) is 0 Å². The number of esters is 2. The normalized spacial score (nSPS) is 22.4. The zero-order chi connectivity index (χ0) is 13.7. The van der Waals surface area contributed by atoms with E-state index in [-0.39, 0.29) is 11.9 Å². The maximum absolute atomic E-state index is 11.8. The van der Waals surface area contributed by atoms with Gasteiger partial charge in [-0.3, -0.25) is 9.59 Å². The van der Waals surface area contributed by atoms with Gasteiger partial charge in [0.15, 0.2) is 0 Å². The molecule has 18 heavy (non-hydrogen) atoms. The first kappa shape index (κ1) is 14.7. The van der Waals surface area contributed by atoms with Crippen LogP contribution in [0.25, 0.3) is 0 Å². The van der Waals surface area contributed by atoms with Crippen molar-refractivity contribution < 1.29 is 19.1 Å². The van der Waals surface area contributed by atoms with Gasteiger partial charge in [-0.15, -0.1) is 0 Å². The molecule has 0 aromatic carbocycles. The molecule has 0 fully saturated rings. The van der Waals surface area contributed by atoms with Crippen LogP contribution in [-0.4, -0.2) is 26.2 Å². The monoisotopic (exact) mass is 254 g/mol. The Morgan fingerprint density at radius 2 is 1.22 bits per heavy atom. The number of hydrogen-bond acceptors (Lipinski definition) is 4. The number of rotatable bonds is 6. The van der Waals surface area contributed by atoms with Crippen LogP contribution in [0.15, 0.2) is 11.1 Å². The first-order valence-electron chi connectivity index (χ1n) is 6.49. The predicted molar refractivity (Wildman–Crippen MR) is 67.9 cm³/mol. The summed E-state index contributed by atoms with van der Waals surface area (Å²) in [6, 6.07) is 0. The third kappa shape index (κ3) is 2.57. The minimum atomic E-state index is -0.427. The Bertz CT molecular complexity index is 323. The van der Waals surface area contributed by atoms with E-state index in [1.807, 2.05) is 0 Å². The molecule has 1 aliphatic carbocycles. The van der Waals surface area contributed by atoms with E-state index in [1.165, 1.54) is 14.2 Å². The molecule has 0 spiro atoms. The van der Waals surface area contributed by atoms with Gasteiger partial charge in [0.1, 0.15) is 0 Å². The first-order chi connectivity index (χ1) is 8.62. The van der Waals surface area contributed by atoms with E-state index in [0.29, 0.717) is 0 Å². The molecule has 0 bridgehead atoms. The van der Waals surface area contributed by atoms with Crippen molar-refractivity contribution in [3.8, 4) is 0 Å². The molecule has 102 valence electrons. The van der Waals surface area contributed by atoms with E-state index in [2.05, 4.69) is 13.8 Å². The second-order valence-corrected chi connectivity index (χ2v) is 4.55. The van der Waals surface area contributed by atoms with Crippen molar-refractivity contribution in [3.05, 3.63) is 11.1 Å². The topological polar surface area (TPSA) is 52.6 Å². The molecule has 0 aromatic heterocycles. The summed E-state index contributed by atoms with van der Waals surface area (Å²) in [5.41, 5.74) is 2.17. The van der Waals surface area contributed by atoms with Crippen LogP contribution in [0.3, 0.4) is 0 Å². The Morgan fingerprint density at radius 1 is 0.889 bits per heavy atom. The van der Waals surface area contributed by atoms with Crippen molar-refractivity contribution in [2.75, 3.05) is 14.2 Å². The Hall–Kier alpha value is -1.32. The van der Waals surface area contributed by atoms with Crippen LogP contribution in [-0.2, 0) is 19.1 Å². The SMILES string of the molecule is CCCC1=C(CCC)[C@H](C(=O)OC)[C@H]1C(=O)OC. The second kappa shape index (κ2) is 6.57. The highest BCUT2D eigenvalue weighted by atomic mass is 16.5. The number of carbonyl (C=O) groups excluding carboxylic acids is 2. The van der Waals surface area contributed by atoms with Crippen LogP contribution in [0.1, 0.15) is 39.5 Å². The van der Waals surface area contributed by atoms with E-state index in [9.17, 15) is 9.59 Å². The molecule has 0 saturated carbocycles. The van der Waals surface area contributed by atoms with Crippen molar-refractivity contribution >= 4 is 11.9 Å². The van der Waals surface area contributed by atoms with Crippen molar-refractivity contribution in [1.82, 2.24) is 0 Å². The number of carbonyl (C=O) groups is 2. The van der Waals surface area contributed by atoms with Crippen LogP contribution in [0.2, 0.25) is 0 Å². The highest BCUT2D eigenvalue weighted by molar-refractivity contribution is 5.90. The Balaban J connectivity index is 3.04. The maximum Gasteiger partial charge on any atom is 0.314 e. The Kier molecular flexibility index (Phi) is 5.38. The van der Waals surface area contributed by atoms with Crippen LogP contribution in [0.4, 0.5) is 0 Å². The van der Waals surface area contributed by atoms with Gasteiger partial charge in [-0.05, 0) is 12.8 Å². The predicted octanol–water partition coefficient (Wildman–Crippen LogP) is 2.48. The van der Waals surface area contributed by atoms with Crippen molar-refractivity contribution in [1.29, 1.82) is 0 Å². The van der Waals surface area contributed by atoms with Crippen LogP contribution >= 0.6 is 0 Å². The van der Waals surface area contributed by atoms with Gasteiger partial charge >= 0.3 is 11.9 Å². The summed E-state index contributed by atoms with van der Waals surface area (Å²) in [5.74, 6) is -1.50. The van der Waals surface area contributed by atoms with Crippen LogP contribution in [0.5, 0.6) is 0 Å². The fourth-order valence-electron chi connectivity index (χ4n) is 2.69. The number of hydrogen-bond donors (Lipinski definition) is 0. The molecule has 0 saturated heterocycles. The Morgan fingerprint density at radius 3 is 1.44 bits per heavy atom. The van der Waals surface area contributed by atoms with Gasteiger partial charge in [0, 0.05) is 0 Å². The molecule has 1 rings (SSSR count). The van der Waals surface area contributed by atoms with E-state index >= 15 is 0 Å². The standard InChI is InChI=1S/C14H22O4/c1-5-7-9-10(8-6-2)12(14(16)18-4)11(9)13(15)17-3/h11-12H,5-8H2,1-4H3/t11-,12-/m0/s1. The highest BCUT2D eigenvalue weighted by Crippen LogP contribution is 2.46. The van der Waals surface area contributed by atoms with E-state index in [4.69, 9.17) is 9.47 Å².